The van der Waals surface area contributed by atoms with E-state index in [0.717, 1.165) is 0 Å². The highest BCUT2D eigenvalue weighted by Crippen LogP contribution is 2.15. The first-order chi connectivity index (χ1) is 7.75. The summed E-state index contributed by atoms with van der Waals surface area (Å²) in [5.41, 5.74) is 6.56. The Labute approximate surface area is 92.7 Å². The van der Waals surface area contributed by atoms with E-state index in [1.165, 1.54) is 18.5 Å². The minimum atomic E-state index is -0.278. The molecule has 1 heterocycles. The summed E-state index contributed by atoms with van der Waals surface area (Å²) in [6, 6.07) is 8.12. The van der Waals surface area contributed by atoms with Crippen molar-refractivity contribution in [3.8, 4) is 5.75 Å². The number of aromatic nitrogens is 1. The van der Waals surface area contributed by atoms with Crippen molar-refractivity contribution >= 4 is 5.69 Å². The smallest absolute Gasteiger partial charge is 0.140 e. The third kappa shape index (κ3) is 2.48. The predicted octanol–water partition coefficient (Wildman–Crippen LogP) is 2.38. The van der Waals surface area contributed by atoms with Crippen molar-refractivity contribution in [2.45, 2.75) is 6.61 Å². The summed E-state index contributed by atoms with van der Waals surface area (Å²) in [6.07, 6.45) is 3.06. The molecule has 0 radical (unpaired) electrons. The van der Waals surface area contributed by atoms with E-state index < -0.39 is 0 Å². The SMILES string of the molecule is Nc1cncc(OCc2ccccc2F)c1. The van der Waals surface area contributed by atoms with Gasteiger partial charge in [0.2, 0.25) is 0 Å². The maximum absolute atomic E-state index is 13.3. The van der Waals surface area contributed by atoms with Crippen molar-refractivity contribution in [2.24, 2.45) is 0 Å². The third-order valence-corrected chi connectivity index (χ3v) is 2.09. The highest BCUT2D eigenvalue weighted by Gasteiger charge is 2.01. The average molecular weight is 218 g/mol. The van der Waals surface area contributed by atoms with Crippen LogP contribution in [-0.2, 0) is 6.61 Å². The molecule has 16 heavy (non-hydrogen) atoms. The van der Waals surface area contributed by atoms with Gasteiger partial charge in [0.25, 0.3) is 0 Å². The molecule has 82 valence electrons. The monoisotopic (exact) mass is 218 g/mol. The van der Waals surface area contributed by atoms with Crippen LogP contribution in [0.25, 0.3) is 0 Å². The summed E-state index contributed by atoms with van der Waals surface area (Å²) in [5, 5.41) is 0. The molecule has 0 aliphatic heterocycles. The summed E-state index contributed by atoms with van der Waals surface area (Å²) in [7, 11) is 0. The standard InChI is InChI=1S/C12H11FN2O/c13-12-4-2-1-3-9(12)8-16-11-5-10(14)6-15-7-11/h1-7H,8,14H2. The Morgan fingerprint density at radius 1 is 1.25 bits per heavy atom. The number of nitrogens with two attached hydrogens (primary N) is 1. The fraction of sp³-hybridized carbons (Fsp3) is 0.0833. The van der Waals surface area contributed by atoms with Crippen LogP contribution < -0.4 is 10.5 Å². The van der Waals surface area contributed by atoms with Crippen LogP contribution in [0.5, 0.6) is 5.75 Å². The van der Waals surface area contributed by atoms with Gasteiger partial charge in [0.1, 0.15) is 18.2 Å². The van der Waals surface area contributed by atoms with Crippen molar-refractivity contribution in [1.29, 1.82) is 0 Å². The summed E-state index contributed by atoms with van der Waals surface area (Å²) in [6.45, 7) is 0.164. The van der Waals surface area contributed by atoms with Crippen LogP contribution in [0.3, 0.4) is 0 Å². The molecule has 0 saturated heterocycles. The predicted molar refractivity (Wildman–Crippen MR) is 59.4 cm³/mol. The summed E-state index contributed by atoms with van der Waals surface area (Å²) in [4.78, 5) is 3.88. The van der Waals surface area contributed by atoms with Crippen LogP contribution in [-0.4, -0.2) is 4.98 Å². The normalized spacial score (nSPS) is 10.1. The molecule has 0 fully saturated rings. The van der Waals surface area contributed by atoms with Crippen molar-refractivity contribution in [1.82, 2.24) is 4.98 Å². The molecule has 3 nitrogen and oxygen atoms in total. The van der Waals surface area contributed by atoms with Gasteiger partial charge in [-0.25, -0.2) is 4.39 Å². The number of anilines is 1. The van der Waals surface area contributed by atoms with Crippen LogP contribution in [0.4, 0.5) is 10.1 Å². The molecule has 4 heteroatoms. The number of halogens is 1. The Kier molecular flexibility index (Phi) is 3.00. The number of nitrogen functional groups attached to an aromatic ring is 1. The number of hydrogen-bond acceptors (Lipinski definition) is 3. The molecule has 0 spiro atoms. The van der Waals surface area contributed by atoms with Gasteiger partial charge >= 0.3 is 0 Å². The van der Waals surface area contributed by atoms with Crippen molar-refractivity contribution < 1.29 is 9.13 Å². The molecule has 0 aliphatic rings. The topological polar surface area (TPSA) is 48.1 Å². The molecule has 2 rings (SSSR count). The van der Waals surface area contributed by atoms with Gasteiger partial charge in [0.05, 0.1) is 18.1 Å². The van der Waals surface area contributed by atoms with Crippen molar-refractivity contribution in [3.05, 3.63) is 54.1 Å². The first-order valence-electron chi connectivity index (χ1n) is 4.82. The van der Waals surface area contributed by atoms with E-state index in [4.69, 9.17) is 10.5 Å². The number of rotatable bonds is 3. The third-order valence-electron chi connectivity index (χ3n) is 2.09. The summed E-state index contributed by atoms with van der Waals surface area (Å²) >= 11 is 0. The van der Waals surface area contributed by atoms with E-state index in [0.29, 0.717) is 17.0 Å². The van der Waals surface area contributed by atoms with Crippen molar-refractivity contribution in [3.63, 3.8) is 0 Å². The first-order valence-corrected chi connectivity index (χ1v) is 4.82. The molecule has 1 aromatic carbocycles. The first kappa shape index (κ1) is 10.4. The van der Waals surface area contributed by atoms with Crippen molar-refractivity contribution in [2.75, 3.05) is 5.73 Å². The maximum atomic E-state index is 13.3. The zero-order valence-electron chi connectivity index (χ0n) is 8.56. The average Bonchev–Trinajstić information content (AvgIpc) is 2.28. The van der Waals surface area contributed by atoms with E-state index in [1.54, 1.807) is 24.3 Å². The molecule has 0 bridgehead atoms. The lowest BCUT2D eigenvalue weighted by Crippen LogP contribution is -1.99. The van der Waals surface area contributed by atoms with Gasteiger partial charge in [-0.2, -0.15) is 0 Å². The molecular formula is C12H11FN2O. The molecule has 2 N–H and O–H groups in total. The van der Waals surface area contributed by atoms with E-state index in [1.807, 2.05) is 0 Å². The van der Waals surface area contributed by atoms with E-state index in [2.05, 4.69) is 4.98 Å². The van der Waals surface area contributed by atoms with Crippen LogP contribution in [0.1, 0.15) is 5.56 Å². The Hall–Kier alpha value is -2.10. The van der Waals surface area contributed by atoms with Gasteiger partial charge in [-0.3, -0.25) is 4.98 Å². The molecule has 0 amide bonds. The van der Waals surface area contributed by atoms with Gasteiger partial charge in [-0.05, 0) is 6.07 Å². The van der Waals surface area contributed by atoms with E-state index in [-0.39, 0.29) is 12.4 Å². The molecule has 0 saturated carbocycles. The molecule has 2 aromatic rings. The highest BCUT2D eigenvalue weighted by atomic mass is 19.1. The fourth-order valence-corrected chi connectivity index (χ4v) is 1.29. The van der Waals surface area contributed by atoms with Crippen LogP contribution in [0.2, 0.25) is 0 Å². The number of benzene rings is 1. The Morgan fingerprint density at radius 2 is 2.06 bits per heavy atom. The summed E-state index contributed by atoms with van der Waals surface area (Å²) in [5.74, 6) is 0.252. The lowest BCUT2D eigenvalue weighted by Gasteiger charge is -2.06. The van der Waals surface area contributed by atoms with E-state index >= 15 is 0 Å². The lowest BCUT2D eigenvalue weighted by atomic mass is 10.2. The Morgan fingerprint density at radius 3 is 2.81 bits per heavy atom. The van der Waals surface area contributed by atoms with Crippen LogP contribution in [0.15, 0.2) is 42.7 Å². The summed E-state index contributed by atoms with van der Waals surface area (Å²) < 4.78 is 18.6. The molecule has 0 unspecified atom stereocenters. The molecule has 1 aromatic heterocycles. The number of pyridine rings is 1. The fourth-order valence-electron chi connectivity index (χ4n) is 1.29. The molecule has 0 atom stereocenters. The minimum absolute atomic E-state index is 0.164. The second-order valence-corrected chi connectivity index (χ2v) is 3.33. The molecule has 0 aliphatic carbocycles. The molecular weight excluding hydrogens is 207 g/mol. The van der Waals surface area contributed by atoms with Gasteiger partial charge in [0, 0.05) is 11.6 Å². The zero-order valence-corrected chi connectivity index (χ0v) is 8.56. The van der Waals surface area contributed by atoms with Gasteiger partial charge in [-0.15, -0.1) is 0 Å². The number of ether oxygens (including phenoxy) is 1. The van der Waals surface area contributed by atoms with Crippen LogP contribution >= 0.6 is 0 Å². The van der Waals surface area contributed by atoms with Crippen LogP contribution in [0, 0.1) is 5.82 Å². The largest absolute Gasteiger partial charge is 0.487 e. The van der Waals surface area contributed by atoms with E-state index in [9.17, 15) is 4.39 Å². The minimum Gasteiger partial charge on any atom is -0.487 e. The van der Waals surface area contributed by atoms with Gasteiger partial charge in [0.15, 0.2) is 0 Å². The second-order valence-electron chi connectivity index (χ2n) is 3.33. The number of hydrogen-bond donors (Lipinski definition) is 1. The van der Waals surface area contributed by atoms with Gasteiger partial charge in [-0.1, -0.05) is 18.2 Å². The Balaban J connectivity index is 2.05. The number of nitrogens with zero attached hydrogens (tertiary/aromatic N) is 1. The zero-order chi connectivity index (χ0) is 11.4. The highest BCUT2D eigenvalue weighted by molar-refractivity contribution is 5.40. The maximum Gasteiger partial charge on any atom is 0.140 e. The second kappa shape index (κ2) is 4.61. The van der Waals surface area contributed by atoms with Gasteiger partial charge < -0.3 is 10.5 Å². The Bertz CT molecular complexity index is 488. The lowest BCUT2D eigenvalue weighted by molar-refractivity contribution is 0.299. The quantitative estimate of drug-likeness (QED) is 0.860.